The third-order valence-corrected chi connectivity index (χ3v) is 3.89. The summed E-state index contributed by atoms with van der Waals surface area (Å²) in [7, 11) is 0. The summed E-state index contributed by atoms with van der Waals surface area (Å²) >= 11 is 0. The Morgan fingerprint density at radius 1 is 0.783 bits per heavy atom. The molecule has 7 nitrogen and oxygen atoms in total. The molecule has 0 spiro atoms. The fourth-order valence-corrected chi connectivity index (χ4v) is 2.55. The van der Waals surface area contributed by atoms with Crippen molar-refractivity contribution in [3.63, 3.8) is 0 Å². The average Bonchev–Trinajstić information content (AvgIpc) is 2.46. The van der Waals surface area contributed by atoms with Crippen LogP contribution in [0.4, 0.5) is 0 Å². The van der Waals surface area contributed by atoms with E-state index in [-0.39, 0.29) is 6.42 Å². The van der Waals surface area contributed by atoms with Crippen molar-refractivity contribution < 1.29 is 24.7 Å². The molecule has 2 N–H and O–H groups in total. The van der Waals surface area contributed by atoms with E-state index in [1.165, 1.54) is 0 Å². The standard InChI is InChI=1S/C16H29NO6/c18-15(19)12-10-8-6-4-2-1-3-5-7-9-11-14(17(22)23)13-16(20)21/h14H,1-13H2,(H,18,19)(H,20,21). The quantitative estimate of drug-likeness (QED) is 0.252. The summed E-state index contributed by atoms with van der Waals surface area (Å²) < 4.78 is 0. The van der Waals surface area contributed by atoms with Crippen LogP contribution in [-0.2, 0) is 9.59 Å². The van der Waals surface area contributed by atoms with E-state index in [2.05, 4.69) is 0 Å². The molecule has 0 aromatic carbocycles. The lowest BCUT2D eigenvalue weighted by Crippen LogP contribution is -2.22. The molecule has 0 aromatic rings. The molecule has 0 aliphatic heterocycles. The highest BCUT2D eigenvalue weighted by Gasteiger charge is 2.22. The minimum Gasteiger partial charge on any atom is -0.481 e. The lowest BCUT2D eigenvalue weighted by molar-refractivity contribution is -0.522. The molecular weight excluding hydrogens is 302 g/mol. The van der Waals surface area contributed by atoms with Crippen LogP contribution < -0.4 is 0 Å². The van der Waals surface area contributed by atoms with Crippen molar-refractivity contribution >= 4 is 11.9 Å². The van der Waals surface area contributed by atoms with Crippen LogP contribution in [0.5, 0.6) is 0 Å². The highest BCUT2D eigenvalue weighted by atomic mass is 16.6. The van der Waals surface area contributed by atoms with E-state index < -0.39 is 29.3 Å². The number of carbonyl (C=O) groups is 2. The summed E-state index contributed by atoms with van der Waals surface area (Å²) in [5.74, 6) is -1.84. The van der Waals surface area contributed by atoms with E-state index >= 15 is 0 Å². The maximum Gasteiger partial charge on any atom is 0.310 e. The van der Waals surface area contributed by atoms with Crippen LogP contribution in [-0.4, -0.2) is 33.1 Å². The first-order valence-corrected chi connectivity index (χ1v) is 8.50. The van der Waals surface area contributed by atoms with Gasteiger partial charge in [0.15, 0.2) is 0 Å². The van der Waals surface area contributed by atoms with Crippen molar-refractivity contribution in [1.29, 1.82) is 0 Å². The maximum absolute atomic E-state index is 10.7. The fourth-order valence-electron chi connectivity index (χ4n) is 2.55. The molecule has 0 bridgehead atoms. The number of rotatable bonds is 16. The highest BCUT2D eigenvalue weighted by Crippen LogP contribution is 2.14. The number of carboxylic acids is 2. The Kier molecular flexibility index (Phi) is 13.0. The molecule has 134 valence electrons. The smallest absolute Gasteiger partial charge is 0.310 e. The number of hydrogen-bond donors (Lipinski definition) is 2. The van der Waals surface area contributed by atoms with Crippen LogP contribution in [0.25, 0.3) is 0 Å². The van der Waals surface area contributed by atoms with Crippen LogP contribution in [0.1, 0.15) is 83.5 Å². The number of carboxylic acid groups (broad SMARTS) is 2. The van der Waals surface area contributed by atoms with E-state index in [4.69, 9.17) is 10.2 Å². The normalized spacial score (nSPS) is 12.0. The van der Waals surface area contributed by atoms with Gasteiger partial charge in [-0.1, -0.05) is 51.4 Å². The molecule has 1 atom stereocenters. The lowest BCUT2D eigenvalue weighted by Gasteiger charge is -2.07. The molecule has 0 rings (SSSR count). The minimum atomic E-state index is -1.12. The largest absolute Gasteiger partial charge is 0.481 e. The number of nitro groups is 1. The van der Waals surface area contributed by atoms with Gasteiger partial charge >= 0.3 is 11.9 Å². The van der Waals surface area contributed by atoms with Gasteiger partial charge in [-0.25, -0.2) is 0 Å². The van der Waals surface area contributed by atoms with Crippen LogP contribution in [0.3, 0.4) is 0 Å². The maximum atomic E-state index is 10.7. The molecule has 0 fully saturated rings. The van der Waals surface area contributed by atoms with E-state index in [0.29, 0.717) is 12.8 Å². The third kappa shape index (κ3) is 15.0. The first-order chi connectivity index (χ1) is 10.9. The Morgan fingerprint density at radius 3 is 1.61 bits per heavy atom. The van der Waals surface area contributed by atoms with Gasteiger partial charge in [-0.15, -0.1) is 0 Å². The predicted molar refractivity (Wildman–Crippen MR) is 86.1 cm³/mol. The van der Waals surface area contributed by atoms with Crippen LogP contribution in [0, 0.1) is 10.1 Å². The number of hydrogen-bond acceptors (Lipinski definition) is 4. The Balaban J connectivity index is 3.37. The third-order valence-electron chi connectivity index (χ3n) is 3.89. The molecule has 1 unspecified atom stereocenters. The minimum absolute atomic E-state index is 0.257. The molecule has 0 aliphatic carbocycles. The molecular formula is C16H29NO6. The summed E-state index contributed by atoms with van der Waals surface area (Å²) in [5, 5.41) is 27.8. The van der Waals surface area contributed by atoms with Crippen molar-refractivity contribution in [2.45, 2.75) is 89.5 Å². The summed E-state index contributed by atoms with van der Waals surface area (Å²) in [4.78, 5) is 31.0. The van der Waals surface area contributed by atoms with Crippen molar-refractivity contribution in [2.24, 2.45) is 0 Å². The molecule has 0 radical (unpaired) electrons. The van der Waals surface area contributed by atoms with Gasteiger partial charge < -0.3 is 10.2 Å². The van der Waals surface area contributed by atoms with Gasteiger partial charge in [0.2, 0.25) is 6.04 Å². The van der Waals surface area contributed by atoms with Crippen molar-refractivity contribution in [2.75, 3.05) is 0 Å². The zero-order chi connectivity index (χ0) is 17.5. The fraction of sp³-hybridized carbons (Fsp3) is 0.875. The molecule has 0 saturated heterocycles. The molecule has 0 aliphatic rings. The Hall–Kier alpha value is -1.66. The van der Waals surface area contributed by atoms with Crippen molar-refractivity contribution in [3.8, 4) is 0 Å². The zero-order valence-corrected chi connectivity index (χ0v) is 13.7. The van der Waals surface area contributed by atoms with Gasteiger partial charge in [0.1, 0.15) is 6.42 Å². The van der Waals surface area contributed by atoms with Crippen LogP contribution in [0.2, 0.25) is 0 Å². The zero-order valence-electron chi connectivity index (χ0n) is 13.7. The van der Waals surface area contributed by atoms with E-state index in [1.54, 1.807) is 0 Å². The lowest BCUT2D eigenvalue weighted by atomic mass is 10.0. The molecule has 23 heavy (non-hydrogen) atoms. The van der Waals surface area contributed by atoms with Crippen LogP contribution >= 0.6 is 0 Å². The topological polar surface area (TPSA) is 118 Å². The second-order valence-electron chi connectivity index (χ2n) is 6.00. The van der Waals surface area contributed by atoms with Gasteiger partial charge in [-0.3, -0.25) is 19.7 Å². The first kappa shape index (κ1) is 21.3. The monoisotopic (exact) mass is 331 g/mol. The number of unbranched alkanes of at least 4 members (excludes halogenated alkanes) is 9. The van der Waals surface area contributed by atoms with Crippen molar-refractivity contribution in [1.82, 2.24) is 0 Å². The van der Waals surface area contributed by atoms with Gasteiger partial charge in [-0.2, -0.15) is 0 Å². The first-order valence-electron chi connectivity index (χ1n) is 8.50. The van der Waals surface area contributed by atoms with Gasteiger partial charge in [0.05, 0.1) is 0 Å². The van der Waals surface area contributed by atoms with Gasteiger partial charge in [0, 0.05) is 17.8 Å². The van der Waals surface area contributed by atoms with Crippen LogP contribution in [0.15, 0.2) is 0 Å². The summed E-state index contributed by atoms with van der Waals surface area (Å²) in [6.45, 7) is 0. The van der Waals surface area contributed by atoms with Gasteiger partial charge in [0.25, 0.3) is 0 Å². The van der Waals surface area contributed by atoms with Gasteiger partial charge in [-0.05, 0) is 12.8 Å². The SMILES string of the molecule is O=C(O)CCCCCCCCCCCCC(CC(=O)O)[N+](=O)[O-]. The Morgan fingerprint density at radius 2 is 1.22 bits per heavy atom. The summed E-state index contributed by atoms with van der Waals surface area (Å²) in [6, 6.07) is -0.960. The number of aliphatic carboxylic acids is 2. The molecule has 0 heterocycles. The van der Waals surface area contributed by atoms with Crippen molar-refractivity contribution in [3.05, 3.63) is 10.1 Å². The predicted octanol–water partition coefficient (Wildman–Crippen LogP) is 3.87. The second-order valence-corrected chi connectivity index (χ2v) is 6.00. The Bertz CT molecular complexity index is 358. The molecule has 0 saturated carbocycles. The number of nitrogens with zero attached hydrogens (tertiary/aromatic N) is 1. The molecule has 7 heteroatoms. The molecule has 0 aromatic heterocycles. The summed E-state index contributed by atoms with van der Waals surface area (Å²) in [6.07, 6.45) is 10.1. The highest BCUT2D eigenvalue weighted by molar-refractivity contribution is 5.67. The second kappa shape index (κ2) is 14.0. The van der Waals surface area contributed by atoms with E-state index in [0.717, 1.165) is 57.8 Å². The van der Waals surface area contributed by atoms with E-state index in [9.17, 15) is 19.7 Å². The Labute approximate surface area is 137 Å². The molecule has 0 amide bonds. The summed E-state index contributed by atoms with van der Waals surface area (Å²) in [5.41, 5.74) is 0. The average molecular weight is 331 g/mol. The van der Waals surface area contributed by atoms with E-state index in [1.807, 2.05) is 0 Å².